The number of alkyl carbamates (subject to hydrolysis) is 1. The first-order valence-corrected chi connectivity index (χ1v) is 10.7. The van der Waals surface area contributed by atoms with Gasteiger partial charge in [-0.25, -0.2) is 4.79 Å². The first kappa shape index (κ1) is 37.9. The fourth-order valence-corrected chi connectivity index (χ4v) is 1.46. The van der Waals surface area contributed by atoms with Gasteiger partial charge in [-0.05, 0) is 53.2 Å². The molecule has 176 valence electrons. The Kier molecular flexibility index (Phi) is 44.1. The topological polar surface area (TPSA) is 90.6 Å². The Bertz CT molecular complexity index is 374. The number of hydrogen-bond donors (Lipinski definition) is 2. The van der Waals surface area contributed by atoms with Gasteiger partial charge in [0.1, 0.15) is 12.2 Å². The van der Waals surface area contributed by atoms with Crippen LogP contribution in [0.25, 0.3) is 0 Å². The van der Waals surface area contributed by atoms with Crippen LogP contribution in [0.4, 0.5) is 4.79 Å². The molecule has 0 saturated carbocycles. The van der Waals surface area contributed by atoms with Crippen molar-refractivity contribution < 1.29 is 19.1 Å². The third kappa shape index (κ3) is 46.3. The van der Waals surface area contributed by atoms with Gasteiger partial charge in [-0.1, -0.05) is 66.2 Å². The SMILES string of the molecule is C/C=C\C(=C/CC)COC=O.CC.CC.CCCCNC(=O)OC(C)(C)C.CN. The molecule has 0 aromatic rings. The quantitative estimate of drug-likeness (QED) is 0.286. The number of hydrogen-bond acceptors (Lipinski definition) is 5. The molecule has 0 aliphatic carbocycles. The second kappa shape index (κ2) is 33.7. The van der Waals surface area contributed by atoms with E-state index in [1.54, 1.807) is 0 Å². The number of unbranched alkanes of at least 4 members (excludes halogenated alkanes) is 1. The van der Waals surface area contributed by atoms with Gasteiger partial charge in [-0.3, -0.25) is 4.79 Å². The minimum Gasteiger partial charge on any atom is -0.463 e. The normalized spacial score (nSPS) is 9.72. The molecule has 0 aromatic carbocycles. The van der Waals surface area contributed by atoms with Gasteiger partial charge in [0, 0.05) is 6.54 Å². The molecule has 0 saturated heterocycles. The lowest BCUT2D eigenvalue weighted by atomic mass is 10.2. The molecular formula is C23H50N2O4. The Morgan fingerprint density at radius 1 is 1.07 bits per heavy atom. The Morgan fingerprint density at radius 2 is 1.59 bits per heavy atom. The summed E-state index contributed by atoms with van der Waals surface area (Å²) in [6.45, 7) is 21.2. The van der Waals surface area contributed by atoms with E-state index in [-0.39, 0.29) is 6.09 Å². The third-order valence-corrected chi connectivity index (χ3v) is 2.36. The average molecular weight is 419 g/mol. The highest BCUT2D eigenvalue weighted by molar-refractivity contribution is 5.67. The van der Waals surface area contributed by atoms with Crippen molar-refractivity contribution in [2.75, 3.05) is 20.2 Å². The highest BCUT2D eigenvalue weighted by Crippen LogP contribution is 2.06. The summed E-state index contributed by atoms with van der Waals surface area (Å²) < 4.78 is 9.63. The van der Waals surface area contributed by atoms with Crippen molar-refractivity contribution >= 4 is 12.6 Å². The van der Waals surface area contributed by atoms with Crippen LogP contribution in [0.15, 0.2) is 23.8 Å². The van der Waals surface area contributed by atoms with Gasteiger partial charge in [0.2, 0.25) is 0 Å². The number of amides is 1. The molecule has 0 radical (unpaired) electrons. The third-order valence-electron chi connectivity index (χ3n) is 2.36. The van der Waals surface area contributed by atoms with Gasteiger partial charge in [-0.15, -0.1) is 0 Å². The number of ether oxygens (including phenoxy) is 2. The van der Waals surface area contributed by atoms with E-state index in [0.29, 0.717) is 19.6 Å². The zero-order valence-corrected chi connectivity index (χ0v) is 21.1. The highest BCUT2D eigenvalue weighted by Gasteiger charge is 2.14. The molecule has 3 N–H and O–H groups in total. The van der Waals surface area contributed by atoms with E-state index < -0.39 is 5.60 Å². The molecule has 0 atom stereocenters. The molecule has 29 heavy (non-hydrogen) atoms. The molecule has 0 aromatic heterocycles. The lowest BCUT2D eigenvalue weighted by Gasteiger charge is -2.19. The predicted molar refractivity (Wildman–Crippen MR) is 127 cm³/mol. The monoisotopic (exact) mass is 418 g/mol. The van der Waals surface area contributed by atoms with Crippen LogP contribution in [0.3, 0.4) is 0 Å². The lowest BCUT2D eigenvalue weighted by molar-refractivity contribution is -0.127. The molecule has 0 rings (SSSR count). The molecule has 0 fully saturated rings. The van der Waals surface area contributed by atoms with Crippen molar-refractivity contribution in [1.29, 1.82) is 0 Å². The number of carbonyl (C=O) groups is 2. The summed E-state index contributed by atoms with van der Waals surface area (Å²) in [5, 5.41) is 2.68. The lowest BCUT2D eigenvalue weighted by Crippen LogP contribution is -2.32. The van der Waals surface area contributed by atoms with Crippen LogP contribution in [0.2, 0.25) is 0 Å². The summed E-state index contributed by atoms with van der Waals surface area (Å²) in [6.07, 6.45) is 8.61. The van der Waals surface area contributed by atoms with Crippen molar-refractivity contribution in [3.05, 3.63) is 23.8 Å². The number of rotatable bonds is 8. The fourth-order valence-electron chi connectivity index (χ4n) is 1.46. The van der Waals surface area contributed by atoms with Crippen molar-refractivity contribution in [3.8, 4) is 0 Å². The van der Waals surface area contributed by atoms with Crippen molar-refractivity contribution in [3.63, 3.8) is 0 Å². The van der Waals surface area contributed by atoms with Gasteiger partial charge in [-0.2, -0.15) is 0 Å². The van der Waals surface area contributed by atoms with E-state index >= 15 is 0 Å². The predicted octanol–water partition coefficient (Wildman–Crippen LogP) is 6.01. The minimum atomic E-state index is -0.393. The second-order valence-corrected chi connectivity index (χ2v) is 5.88. The number of allylic oxidation sites excluding steroid dienone is 2. The van der Waals surface area contributed by atoms with Crippen LogP contribution in [-0.2, 0) is 14.3 Å². The van der Waals surface area contributed by atoms with Gasteiger partial charge in [0.05, 0.1) is 0 Å². The van der Waals surface area contributed by atoms with Crippen LogP contribution < -0.4 is 11.1 Å². The summed E-state index contributed by atoms with van der Waals surface area (Å²) in [4.78, 5) is 20.8. The molecule has 6 nitrogen and oxygen atoms in total. The van der Waals surface area contributed by atoms with E-state index in [0.717, 1.165) is 24.8 Å². The van der Waals surface area contributed by atoms with Crippen LogP contribution in [0.1, 0.15) is 88.5 Å². The average Bonchev–Trinajstić information content (AvgIpc) is 2.70. The van der Waals surface area contributed by atoms with Crippen molar-refractivity contribution in [2.45, 2.75) is 94.1 Å². The molecule has 0 aliphatic rings. The van der Waals surface area contributed by atoms with E-state index in [1.165, 1.54) is 7.05 Å². The number of nitrogens with one attached hydrogen (secondary N) is 1. The second-order valence-electron chi connectivity index (χ2n) is 5.88. The van der Waals surface area contributed by atoms with E-state index in [1.807, 2.05) is 80.5 Å². The molecule has 6 heteroatoms. The zero-order chi connectivity index (χ0) is 24.1. The summed E-state index contributed by atoms with van der Waals surface area (Å²) in [7, 11) is 1.50. The van der Waals surface area contributed by atoms with E-state index in [4.69, 9.17) is 4.74 Å². The van der Waals surface area contributed by atoms with Crippen LogP contribution in [0.5, 0.6) is 0 Å². The maximum atomic E-state index is 11.0. The smallest absolute Gasteiger partial charge is 0.407 e. The number of carbonyl (C=O) groups excluding carboxylic acids is 2. The van der Waals surface area contributed by atoms with Crippen molar-refractivity contribution in [1.82, 2.24) is 5.32 Å². The maximum absolute atomic E-state index is 11.0. The first-order valence-electron chi connectivity index (χ1n) is 10.7. The van der Waals surface area contributed by atoms with Crippen LogP contribution in [-0.4, -0.2) is 38.4 Å². The van der Waals surface area contributed by atoms with E-state index in [9.17, 15) is 9.59 Å². The van der Waals surface area contributed by atoms with Gasteiger partial charge < -0.3 is 20.5 Å². The summed E-state index contributed by atoms with van der Waals surface area (Å²) in [5.41, 5.74) is 5.15. The van der Waals surface area contributed by atoms with Crippen LogP contribution >= 0.6 is 0 Å². The molecule has 0 aliphatic heterocycles. The minimum absolute atomic E-state index is 0.323. The maximum Gasteiger partial charge on any atom is 0.407 e. The Hall–Kier alpha value is -1.82. The largest absolute Gasteiger partial charge is 0.463 e. The zero-order valence-electron chi connectivity index (χ0n) is 21.1. The van der Waals surface area contributed by atoms with Gasteiger partial charge >= 0.3 is 6.09 Å². The Balaban J connectivity index is -0.000000105. The first-order chi connectivity index (χ1) is 13.8. The molecular weight excluding hydrogens is 368 g/mol. The van der Waals surface area contributed by atoms with Crippen LogP contribution in [0, 0.1) is 0 Å². The Morgan fingerprint density at radius 3 is 1.93 bits per heavy atom. The molecule has 0 unspecified atom stereocenters. The molecule has 0 bridgehead atoms. The fraction of sp³-hybridized carbons (Fsp3) is 0.739. The molecule has 0 spiro atoms. The van der Waals surface area contributed by atoms with Gasteiger partial charge in [0.25, 0.3) is 6.47 Å². The summed E-state index contributed by atoms with van der Waals surface area (Å²) in [5.74, 6) is 0. The standard InChI is InChI=1S/C9H19NO2.C9H14O2.2C2H6.CH5N/c1-5-6-7-10-8(11)12-9(2,3)4;1-3-5-9(6-4-2)7-11-8-10;3*1-2/h5-7H2,1-4H3,(H,10,11);3,5-6,8H,4,7H2,1-2H3;2*1-2H3;2H2,1H3/b;5-3-,9-6+;;;. The molecule has 0 heterocycles. The Labute approximate surface area is 181 Å². The molecule has 1 amide bonds. The summed E-state index contributed by atoms with van der Waals surface area (Å²) >= 11 is 0. The van der Waals surface area contributed by atoms with Crippen molar-refractivity contribution in [2.24, 2.45) is 5.73 Å². The number of nitrogens with two attached hydrogens (primary N) is 1. The highest BCUT2D eigenvalue weighted by atomic mass is 16.6. The van der Waals surface area contributed by atoms with Gasteiger partial charge in [0.15, 0.2) is 0 Å². The van der Waals surface area contributed by atoms with E-state index in [2.05, 4.69) is 22.7 Å². The summed E-state index contributed by atoms with van der Waals surface area (Å²) in [6, 6.07) is 0.